The van der Waals surface area contributed by atoms with E-state index in [4.69, 9.17) is 4.74 Å². The number of hydrogen-bond donors (Lipinski definition) is 1. The molecule has 1 aliphatic rings. The molecule has 1 aliphatic heterocycles. The average molecular weight is 268 g/mol. The minimum atomic E-state index is -1.62. The quantitative estimate of drug-likeness (QED) is 0.865. The Labute approximate surface area is 117 Å². The second-order valence-corrected chi connectivity index (χ2v) is 5.40. The smallest absolute Gasteiger partial charge is 0.202 e. The van der Waals surface area contributed by atoms with Crippen LogP contribution in [0.25, 0.3) is 0 Å². The summed E-state index contributed by atoms with van der Waals surface area (Å²) in [5, 5.41) is 10.8. The number of carbonyl (C=O) groups excluding carboxylic acids is 1. The highest BCUT2D eigenvalue weighted by atomic mass is 16.5. The van der Waals surface area contributed by atoms with Crippen LogP contribution < -0.4 is 4.74 Å². The monoisotopic (exact) mass is 268 g/mol. The Bertz CT molecular complexity index is 661. The Balaban J connectivity index is 2.21. The SMILES string of the molecule is CC1(O)C(=O)c2ccccc2OC1(C)c1ccccc1. The van der Waals surface area contributed by atoms with E-state index in [0.717, 1.165) is 5.56 Å². The van der Waals surface area contributed by atoms with Crippen molar-refractivity contribution in [2.45, 2.75) is 25.0 Å². The van der Waals surface area contributed by atoms with Gasteiger partial charge in [0.25, 0.3) is 0 Å². The Hall–Kier alpha value is -2.13. The summed E-state index contributed by atoms with van der Waals surface area (Å²) in [7, 11) is 0. The van der Waals surface area contributed by atoms with Crippen LogP contribution in [-0.2, 0) is 5.60 Å². The fourth-order valence-electron chi connectivity index (χ4n) is 2.64. The summed E-state index contributed by atoms with van der Waals surface area (Å²) in [4.78, 5) is 12.6. The molecule has 3 rings (SSSR count). The molecule has 0 saturated heterocycles. The number of carbonyl (C=O) groups is 1. The lowest BCUT2D eigenvalue weighted by Crippen LogP contribution is -2.59. The first-order valence-electron chi connectivity index (χ1n) is 6.57. The third-order valence-electron chi connectivity index (χ3n) is 4.14. The van der Waals surface area contributed by atoms with Crippen LogP contribution in [0.15, 0.2) is 54.6 Å². The molecule has 0 spiro atoms. The number of benzene rings is 2. The van der Waals surface area contributed by atoms with Crippen LogP contribution in [0.3, 0.4) is 0 Å². The molecule has 0 radical (unpaired) electrons. The summed E-state index contributed by atoms with van der Waals surface area (Å²) in [6.45, 7) is 3.26. The summed E-state index contributed by atoms with van der Waals surface area (Å²) in [6.07, 6.45) is 0. The molecule has 3 nitrogen and oxygen atoms in total. The normalized spacial score (nSPS) is 28.6. The van der Waals surface area contributed by atoms with Crippen LogP contribution in [0.1, 0.15) is 29.8 Å². The average Bonchev–Trinajstić information content (AvgIpc) is 2.46. The minimum Gasteiger partial charge on any atom is -0.479 e. The molecule has 2 unspecified atom stereocenters. The number of rotatable bonds is 1. The van der Waals surface area contributed by atoms with Crippen molar-refractivity contribution in [2.24, 2.45) is 0 Å². The van der Waals surface area contributed by atoms with Crippen molar-refractivity contribution in [1.29, 1.82) is 0 Å². The van der Waals surface area contributed by atoms with Crippen LogP contribution in [0.2, 0.25) is 0 Å². The third kappa shape index (κ3) is 1.60. The highest BCUT2D eigenvalue weighted by Gasteiger charge is 2.56. The predicted octanol–water partition coefficient (Wildman–Crippen LogP) is 2.93. The largest absolute Gasteiger partial charge is 0.479 e. The van der Waals surface area contributed by atoms with Gasteiger partial charge in [-0.2, -0.15) is 0 Å². The van der Waals surface area contributed by atoms with Crippen LogP contribution in [0, 0.1) is 0 Å². The lowest BCUT2D eigenvalue weighted by molar-refractivity contribution is -0.101. The van der Waals surface area contributed by atoms with Crippen molar-refractivity contribution in [3.63, 3.8) is 0 Å². The van der Waals surface area contributed by atoms with E-state index in [0.29, 0.717) is 11.3 Å². The minimum absolute atomic E-state index is 0.314. The predicted molar refractivity (Wildman–Crippen MR) is 75.8 cm³/mol. The van der Waals surface area contributed by atoms with E-state index in [1.165, 1.54) is 6.92 Å². The van der Waals surface area contributed by atoms with Crippen molar-refractivity contribution >= 4 is 5.78 Å². The number of Topliss-reactive ketones (excluding diaryl/α,β-unsaturated/α-hetero) is 1. The third-order valence-corrected chi connectivity index (χ3v) is 4.14. The molecule has 0 aliphatic carbocycles. The van der Waals surface area contributed by atoms with Gasteiger partial charge in [0.2, 0.25) is 5.78 Å². The molecular formula is C17H16O3. The number of aliphatic hydroxyl groups is 1. The van der Waals surface area contributed by atoms with E-state index in [1.807, 2.05) is 36.4 Å². The topological polar surface area (TPSA) is 46.5 Å². The van der Waals surface area contributed by atoms with Gasteiger partial charge >= 0.3 is 0 Å². The van der Waals surface area contributed by atoms with Crippen molar-refractivity contribution in [2.75, 3.05) is 0 Å². The molecule has 102 valence electrons. The van der Waals surface area contributed by atoms with Crippen LogP contribution in [-0.4, -0.2) is 16.5 Å². The zero-order valence-corrected chi connectivity index (χ0v) is 11.5. The van der Waals surface area contributed by atoms with Crippen LogP contribution in [0.5, 0.6) is 5.75 Å². The maximum absolute atomic E-state index is 12.6. The lowest BCUT2D eigenvalue weighted by Gasteiger charge is -2.45. The van der Waals surface area contributed by atoms with E-state index in [9.17, 15) is 9.90 Å². The Kier molecular flexibility index (Phi) is 2.69. The molecule has 0 amide bonds. The van der Waals surface area contributed by atoms with Gasteiger partial charge in [-0.05, 0) is 31.5 Å². The van der Waals surface area contributed by atoms with Crippen molar-refractivity contribution in [3.05, 3.63) is 65.7 Å². The number of ether oxygens (including phenoxy) is 1. The highest BCUT2D eigenvalue weighted by Crippen LogP contribution is 2.45. The van der Waals surface area contributed by atoms with Crippen LogP contribution in [0.4, 0.5) is 0 Å². The molecule has 1 N–H and O–H groups in total. The molecule has 3 heteroatoms. The van der Waals surface area contributed by atoms with Crippen LogP contribution >= 0.6 is 0 Å². The molecule has 2 atom stereocenters. The molecule has 2 aromatic rings. The van der Waals surface area contributed by atoms with Crippen molar-refractivity contribution in [3.8, 4) is 5.75 Å². The van der Waals surface area contributed by atoms with Gasteiger partial charge in [0.15, 0.2) is 11.2 Å². The maximum atomic E-state index is 12.6. The maximum Gasteiger partial charge on any atom is 0.202 e. The summed E-state index contributed by atoms with van der Waals surface area (Å²) < 4.78 is 6.02. The molecule has 0 saturated carbocycles. The highest BCUT2D eigenvalue weighted by molar-refractivity contribution is 6.06. The summed E-state index contributed by atoms with van der Waals surface area (Å²) in [5.41, 5.74) is -1.54. The molecular weight excluding hydrogens is 252 g/mol. The molecule has 0 bridgehead atoms. The number of fused-ring (bicyclic) bond motifs is 1. The molecule has 20 heavy (non-hydrogen) atoms. The second kappa shape index (κ2) is 4.18. The van der Waals surface area contributed by atoms with E-state index in [1.54, 1.807) is 25.1 Å². The van der Waals surface area contributed by atoms with Gasteiger partial charge in [0, 0.05) is 0 Å². The number of hydrogen-bond acceptors (Lipinski definition) is 3. The first kappa shape index (κ1) is 12.9. The van der Waals surface area contributed by atoms with Crippen molar-refractivity contribution < 1.29 is 14.6 Å². The Morgan fingerprint density at radius 1 is 0.950 bits per heavy atom. The molecule has 0 fully saturated rings. The molecule has 0 aromatic heterocycles. The first-order valence-corrected chi connectivity index (χ1v) is 6.57. The summed E-state index contributed by atoms with van der Waals surface area (Å²) >= 11 is 0. The molecule has 2 aromatic carbocycles. The van der Waals surface area contributed by atoms with E-state index in [2.05, 4.69) is 0 Å². The summed E-state index contributed by atoms with van der Waals surface area (Å²) in [5.74, 6) is 0.195. The van der Waals surface area contributed by atoms with Gasteiger partial charge in [-0.3, -0.25) is 4.79 Å². The van der Waals surface area contributed by atoms with E-state index in [-0.39, 0.29) is 5.78 Å². The summed E-state index contributed by atoms with van der Waals surface area (Å²) in [6, 6.07) is 16.3. The lowest BCUT2D eigenvalue weighted by atomic mass is 9.73. The fourth-order valence-corrected chi connectivity index (χ4v) is 2.64. The number of para-hydroxylation sites is 1. The van der Waals surface area contributed by atoms with Gasteiger partial charge in [-0.25, -0.2) is 0 Å². The Morgan fingerprint density at radius 3 is 2.25 bits per heavy atom. The van der Waals surface area contributed by atoms with Gasteiger partial charge in [-0.15, -0.1) is 0 Å². The fraction of sp³-hybridized carbons (Fsp3) is 0.235. The standard InChI is InChI=1S/C17H16O3/c1-16(19)15(18)13-10-6-7-11-14(13)20-17(16,2)12-8-4-3-5-9-12/h3-11,19H,1-2H3. The zero-order chi connectivity index (χ0) is 14.4. The van der Waals surface area contributed by atoms with E-state index >= 15 is 0 Å². The van der Waals surface area contributed by atoms with Gasteiger partial charge < -0.3 is 9.84 Å². The number of ketones is 1. The zero-order valence-electron chi connectivity index (χ0n) is 11.5. The van der Waals surface area contributed by atoms with Gasteiger partial charge in [0.05, 0.1) is 5.56 Å². The second-order valence-electron chi connectivity index (χ2n) is 5.40. The van der Waals surface area contributed by atoms with E-state index < -0.39 is 11.2 Å². The van der Waals surface area contributed by atoms with Gasteiger partial charge in [0.1, 0.15) is 5.75 Å². The van der Waals surface area contributed by atoms with Gasteiger partial charge in [-0.1, -0.05) is 42.5 Å². The Morgan fingerprint density at radius 2 is 1.55 bits per heavy atom. The molecule has 1 heterocycles. The van der Waals surface area contributed by atoms with Crippen molar-refractivity contribution in [1.82, 2.24) is 0 Å². The first-order chi connectivity index (χ1) is 9.47.